The van der Waals surface area contributed by atoms with Crippen LogP contribution in [0.25, 0.3) is 0 Å². The first-order valence-electron chi connectivity index (χ1n) is 9.50. The van der Waals surface area contributed by atoms with E-state index in [0.717, 1.165) is 51.2 Å². The van der Waals surface area contributed by atoms with Crippen LogP contribution in [0.2, 0.25) is 0 Å². The molecule has 3 heterocycles. The normalized spacial score (nSPS) is 20.5. The van der Waals surface area contributed by atoms with Gasteiger partial charge in [0.15, 0.2) is 5.82 Å². The lowest BCUT2D eigenvalue weighted by atomic mass is 9.93. The summed E-state index contributed by atoms with van der Waals surface area (Å²) >= 11 is 0. The van der Waals surface area contributed by atoms with E-state index in [1.54, 1.807) is 0 Å². The van der Waals surface area contributed by atoms with Gasteiger partial charge in [0.1, 0.15) is 0 Å². The summed E-state index contributed by atoms with van der Waals surface area (Å²) in [6.45, 7) is 7.11. The molecule has 1 aromatic heterocycles. The summed E-state index contributed by atoms with van der Waals surface area (Å²) in [5.41, 5.74) is 0. The van der Waals surface area contributed by atoms with Crippen LogP contribution in [-0.4, -0.2) is 58.6 Å². The highest BCUT2D eigenvalue weighted by Crippen LogP contribution is 2.22. The van der Waals surface area contributed by atoms with Crippen LogP contribution in [0.15, 0.2) is 4.52 Å². The molecule has 2 fully saturated rings. The maximum absolute atomic E-state index is 12.4. The maximum Gasteiger partial charge on any atom is 0.226 e. The molecule has 0 radical (unpaired) electrons. The van der Waals surface area contributed by atoms with Gasteiger partial charge in [-0.2, -0.15) is 4.98 Å². The topological polar surface area (TPSA) is 62.5 Å². The summed E-state index contributed by atoms with van der Waals surface area (Å²) in [6, 6.07) is 0. The molecule has 2 aliphatic rings. The maximum atomic E-state index is 12.4. The fourth-order valence-electron chi connectivity index (χ4n) is 3.85. The minimum atomic E-state index is 0.332. The highest BCUT2D eigenvalue weighted by Gasteiger charge is 2.24. The Kier molecular flexibility index (Phi) is 6.24. The van der Waals surface area contributed by atoms with E-state index in [9.17, 15) is 4.79 Å². The number of amides is 1. The first-order valence-corrected chi connectivity index (χ1v) is 9.50. The molecule has 0 unspecified atom stereocenters. The Morgan fingerprint density at radius 3 is 2.58 bits per heavy atom. The van der Waals surface area contributed by atoms with Gasteiger partial charge in [0, 0.05) is 25.9 Å². The summed E-state index contributed by atoms with van der Waals surface area (Å²) in [7, 11) is 0. The van der Waals surface area contributed by atoms with Gasteiger partial charge < -0.3 is 14.3 Å². The summed E-state index contributed by atoms with van der Waals surface area (Å²) in [5.74, 6) is 2.33. The van der Waals surface area contributed by atoms with E-state index in [2.05, 4.69) is 15.0 Å². The summed E-state index contributed by atoms with van der Waals surface area (Å²) in [5, 5.41) is 3.84. The van der Waals surface area contributed by atoms with E-state index in [0.29, 0.717) is 24.1 Å². The highest BCUT2D eigenvalue weighted by molar-refractivity contribution is 5.76. The predicted molar refractivity (Wildman–Crippen MR) is 91.6 cm³/mol. The van der Waals surface area contributed by atoms with Gasteiger partial charge in [-0.3, -0.25) is 4.79 Å². The van der Waals surface area contributed by atoms with Crippen molar-refractivity contribution in [3.63, 3.8) is 0 Å². The molecule has 0 bridgehead atoms. The Bertz CT molecular complexity index is 517. The number of aromatic nitrogens is 2. The van der Waals surface area contributed by atoms with Crippen LogP contribution in [0, 0.1) is 12.8 Å². The molecule has 6 heteroatoms. The van der Waals surface area contributed by atoms with Crippen molar-refractivity contribution in [3.05, 3.63) is 11.7 Å². The Morgan fingerprint density at radius 1 is 1.17 bits per heavy atom. The fourth-order valence-corrected chi connectivity index (χ4v) is 3.85. The second kappa shape index (κ2) is 8.60. The third-order valence-electron chi connectivity index (χ3n) is 5.31. The summed E-state index contributed by atoms with van der Waals surface area (Å²) in [6.07, 6.45) is 8.63. The smallest absolute Gasteiger partial charge is 0.226 e. The van der Waals surface area contributed by atoms with Crippen LogP contribution in [-0.2, 0) is 11.2 Å². The Balaban J connectivity index is 1.32. The lowest BCUT2D eigenvalue weighted by molar-refractivity contribution is -0.132. The molecule has 0 N–H and O–H groups in total. The third-order valence-corrected chi connectivity index (χ3v) is 5.31. The van der Waals surface area contributed by atoms with Gasteiger partial charge in [0.25, 0.3) is 0 Å². The van der Waals surface area contributed by atoms with Gasteiger partial charge >= 0.3 is 0 Å². The second-order valence-corrected chi connectivity index (χ2v) is 7.27. The molecule has 0 aliphatic carbocycles. The molecule has 3 rings (SSSR count). The van der Waals surface area contributed by atoms with Crippen molar-refractivity contribution >= 4 is 5.91 Å². The second-order valence-electron chi connectivity index (χ2n) is 7.27. The van der Waals surface area contributed by atoms with E-state index in [1.165, 1.54) is 32.4 Å². The van der Waals surface area contributed by atoms with E-state index < -0.39 is 0 Å². The molecule has 0 saturated carbocycles. The highest BCUT2D eigenvalue weighted by atomic mass is 16.5. The predicted octanol–water partition coefficient (Wildman–Crippen LogP) is 2.43. The van der Waals surface area contributed by atoms with Crippen LogP contribution in [0.4, 0.5) is 0 Å². The molecule has 0 aromatic carbocycles. The van der Waals surface area contributed by atoms with Crippen LogP contribution in [0.5, 0.6) is 0 Å². The Labute approximate surface area is 144 Å². The number of likely N-dealkylation sites (tertiary alicyclic amines) is 2. The van der Waals surface area contributed by atoms with Gasteiger partial charge in [-0.1, -0.05) is 11.6 Å². The zero-order chi connectivity index (χ0) is 16.8. The molecule has 6 nitrogen and oxygen atoms in total. The molecule has 2 saturated heterocycles. The molecule has 134 valence electrons. The van der Waals surface area contributed by atoms with Crippen molar-refractivity contribution < 1.29 is 9.32 Å². The molecule has 1 amide bonds. The van der Waals surface area contributed by atoms with Crippen molar-refractivity contribution in [2.24, 2.45) is 5.92 Å². The number of carbonyl (C=O) groups excluding carboxylic acids is 1. The zero-order valence-corrected chi connectivity index (χ0v) is 14.9. The largest absolute Gasteiger partial charge is 0.343 e. The van der Waals surface area contributed by atoms with Crippen LogP contribution in [0.1, 0.15) is 56.7 Å². The Morgan fingerprint density at radius 2 is 1.92 bits per heavy atom. The molecule has 2 aliphatic heterocycles. The number of hydrogen-bond donors (Lipinski definition) is 0. The molecule has 24 heavy (non-hydrogen) atoms. The van der Waals surface area contributed by atoms with Crippen molar-refractivity contribution in [2.75, 3.05) is 32.7 Å². The van der Waals surface area contributed by atoms with Gasteiger partial charge in [-0.05, 0) is 64.6 Å². The quantitative estimate of drug-likeness (QED) is 0.799. The molecular weight excluding hydrogens is 304 g/mol. The number of rotatable bonds is 6. The van der Waals surface area contributed by atoms with Gasteiger partial charge in [0.2, 0.25) is 11.8 Å². The monoisotopic (exact) mass is 334 g/mol. The number of carbonyl (C=O) groups is 1. The minimum Gasteiger partial charge on any atom is -0.343 e. The van der Waals surface area contributed by atoms with Crippen molar-refractivity contribution in [1.29, 1.82) is 0 Å². The number of piperidine rings is 2. The van der Waals surface area contributed by atoms with Crippen molar-refractivity contribution in [1.82, 2.24) is 19.9 Å². The van der Waals surface area contributed by atoms with E-state index >= 15 is 0 Å². The minimum absolute atomic E-state index is 0.332. The van der Waals surface area contributed by atoms with Gasteiger partial charge in [0.05, 0.1) is 0 Å². The number of nitrogens with zero attached hydrogens (tertiary/aromatic N) is 4. The molecule has 0 atom stereocenters. The van der Waals surface area contributed by atoms with Gasteiger partial charge in [-0.25, -0.2) is 0 Å². The first-order chi connectivity index (χ1) is 11.7. The lowest BCUT2D eigenvalue weighted by Crippen LogP contribution is -2.39. The fraction of sp³-hybridized carbons (Fsp3) is 0.833. The number of aryl methyl sites for hydroxylation is 1. The van der Waals surface area contributed by atoms with E-state index in [4.69, 9.17) is 4.52 Å². The van der Waals surface area contributed by atoms with Crippen LogP contribution < -0.4 is 0 Å². The van der Waals surface area contributed by atoms with Crippen LogP contribution in [0.3, 0.4) is 0 Å². The third kappa shape index (κ3) is 5.03. The van der Waals surface area contributed by atoms with Crippen molar-refractivity contribution in [3.8, 4) is 0 Å². The number of hydrogen-bond acceptors (Lipinski definition) is 5. The van der Waals surface area contributed by atoms with Gasteiger partial charge in [-0.15, -0.1) is 0 Å². The SMILES string of the molecule is Cc1noc(CC2CCN(C(=O)CCCN3CCCCC3)CC2)n1. The molecular formula is C18H30N4O2. The zero-order valence-electron chi connectivity index (χ0n) is 14.9. The summed E-state index contributed by atoms with van der Waals surface area (Å²) < 4.78 is 5.21. The average molecular weight is 334 g/mol. The average Bonchev–Trinajstić information content (AvgIpc) is 3.01. The van der Waals surface area contributed by atoms with Crippen LogP contribution >= 0.6 is 0 Å². The van der Waals surface area contributed by atoms with Crippen molar-refractivity contribution in [2.45, 2.75) is 58.3 Å². The lowest BCUT2D eigenvalue weighted by Gasteiger charge is -2.32. The first kappa shape index (κ1) is 17.4. The summed E-state index contributed by atoms with van der Waals surface area (Å²) in [4.78, 5) is 21.2. The molecule has 1 aromatic rings. The van der Waals surface area contributed by atoms with E-state index in [1.807, 2.05) is 11.8 Å². The molecule has 0 spiro atoms. The van der Waals surface area contributed by atoms with E-state index in [-0.39, 0.29) is 0 Å². The standard InChI is InChI=1S/C18H30N4O2/c1-15-19-17(24-20-15)14-16-7-12-22(13-8-16)18(23)6-5-11-21-9-3-2-4-10-21/h16H,2-14H2,1H3. The Hall–Kier alpha value is -1.43.